The molecule has 8 heteroatoms. The molecular weight excluding hydrogens is 408 g/mol. The molecule has 2 aliphatic heterocycles. The Labute approximate surface area is 179 Å². The highest BCUT2D eigenvalue weighted by molar-refractivity contribution is 6.31. The molecule has 1 unspecified atom stereocenters. The standard InChI is InChI=1S/C22H23ClN2O5/c1-2-29-17-6-3-13(4-7-17)9-15-10-14(5-8-18(15)23)19-11-16(26)12-22(30-19)20(27)24-21(28)25-22/h3-8,10,16,19,26H,2,9,11-12H2,1H3,(H2,24,25,27,28)/t16-,19-,22?/m1/s1. The number of urea groups is 1. The number of aliphatic hydroxyl groups excluding tert-OH is 1. The summed E-state index contributed by atoms with van der Waals surface area (Å²) in [5.41, 5.74) is 1.21. The van der Waals surface area contributed by atoms with Crippen molar-refractivity contribution < 1.29 is 24.2 Å². The molecule has 2 fully saturated rings. The van der Waals surface area contributed by atoms with Gasteiger partial charge in [0.15, 0.2) is 0 Å². The third-order valence-electron chi connectivity index (χ3n) is 5.33. The monoisotopic (exact) mass is 430 g/mol. The van der Waals surface area contributed by atoms with Crippen molar-refractivity contribution >= 4 is 23.5 Å². The highest BCUT2D eigenvalue weighted by Gasteiger charge is 2.53. The summed E-state index contributed by atoms with van der Waals surface area (Å²) in [5.74, 6) is 0.229. The van der Waals surface area contributed by atoms with Gasteiger partial charge < -0.3 is 19.9 Å². The number of benzene rings is 2. The van der Waals surface area contributed by atoms with Gasteiger partial charge >= 0.3 is 6.03 Å². The van der Waals surface area contributed by atoms with Crippen molar-refractivity contribution in [2.75, 3.05) is 6.61 Å². The van der Waals surface area contributed by atoms with E-state index in [1.165, 1.54) is 0 Å². The Hall–Kier alpha value is -2.61. The predicted octanol–water partition coefficient (Wildman–Crippen LogP) is 3.08. The molecule has 0 saturated carbocycles. The number of rotatable bonds is 5. The van der Waals surface area contributed by atoms with E-state index in [1.54, 1.807) is 6.07 Å². The Bertz CT molecular complexity index is 965. The maximum absolute atomic E-state index is 12.3. The van der Waals surface area contributed by atoms with Gasteiger partial charge in [0.25, 0.3) is 5.91 Å². The minimum atomic E-state index is -1.55. The number of imide groups is 1. The van der Waals surface area contributed by atoms with Gasteiger partial charge in [-0.25, -0.2) is 4.79 Å². The van der Waals surface area contributed by atoms with Crippen molar-refractivity contribution in [1.29, 1.82) is 0 Å². The first-order valence-electron chi connectivity index (χ1n) is 9.88. The van der Waals surface area contributed by atoms with Crippen LogP contribution in [0.1, 0.15) is 42.6 Å². The lowest BCUT2D eigenvalue weighted by molar-refractivity contribution is -0.181. The fraction of sp³-hybridized carbons (Fsp3) is 0.364. The topological polar surface area (TPSA) is 96.9 Å². The Kier molecular flexibility index (Phi) is 5.69. The maximum Gasteiger partial charge on any atom is 0.324 e. The summed E-state index contributed by atoms with van der Waals surface area (Å²) in [6.07, 6.45) is -0.424. The predicted molar refractivity (Wildman–Crippen MR) is 110 cm³/mol. The lowest BCUT2D eigenvalue weighted by Gasteiger charge is -2.38. The second-order valence-corrected chi connectivity index (χ2v) is 7.95. The number of amides is 3. The summed E-state index contributed by atoms with van der Waals surface area (Å²) < 4.78 is 11.5. The van der Waals surface area contributed by atoms with Crippen LogP contribution in [0, 0.1) is 0 Å². The molecule has 4 rings (SSSR count). The zero-order valence-corrected chi connectivity index (χ0v) is 17.2. The summed E-state index contributed by atoms with van der Waals surface area (Å²) in [5, 5.41) is 15.7. The summed E-state index contributed by atoms with van der Waals surface area (Å²) in [6, 6.07) is 12.7. The molecule has 30 heavy (non-hydrogen) atoms. The van der Waals surface area contributed by atoms with Crippen LogP contribution in [0.4, 0.5) is 4.79 Å². The smallest absolute Gasteiger partial charge is 0.324 e. The molecule has 158 valence electrons. The molecule has 0 radical (unpaired) electrons. The quantitative estimate of drug-likeness (QED) is 0.633. The molecule has 0 aromatic heterocycles. The van der Waals surface area contributed by atoms with E-state index < -0.39 is 29.9 Å². The van der Waals surface area contributed by atoms with Crippen molar-refractivity contribution in [1.82, 2.24) is 10.6 Å². The molecule has 2 aliphatic rings. The second kappa shape index (κ2) is 8.26. The van der Waals surface area contributed by atoms with Crippen LogP contribution >= 0.6 is 11.6 Å². The van der Waals surface area contributed by atoms with E-state index >= 15 is 0 Å². The van der Waals surface area contributed by atoms with Gasteiger partial charge in [-0.15, -0.1) is 0 Å². The number of nitrogens with one attached hydrogen (secondary N) is 2. The van der Waals surface area contributed by atoms with E-state index in [0.717, 1.165) is 22.4 Å². The van der Waals surface area contributed by atoms with Crippen molar-refractivity contribution in [2.24, 2.45) is 0 Å². The van der Waals surface area contributed by atoms with Gasteiger partial charge in [0.1, 0.15) is 5.75 Å². The van der Waals surface area contributed by atoms with Gasteiger partial charge in [-0.05, 0) is 48.2 Å². The van der Waals surface area contributed by atoms with Crippen LogP contribution in [0.3, 0.4) is 0 Å². The summed E-state index contributed by atoms with van der Waals surface area (Å²) in [4.78, 5) is 23.9. The number of carbonyl (C=O) groups excluding carboxylic acids is 2. The second-order valence-electron chi connectivity index (χ2n) is 7.54. The zero-order valence-electron chi connectivity index (χ0n) is 16.5. The number of hydrogen-bond donors (Lipinski definition) is 3. The van der Waals surface area contributed by atoms with Gasteiger partial charge in [0, 0.05) is 17.9 Å². The minimum Gasteiger partial charge on any atom is -0.494 e. The Morgan fingerprint density at radius 1 is 1.23 bits per heavy atom. The largest absolute Gasteiger partial charge is 0.494 e. The van der Waals surface area contributed by atoms with Gasteiger partial charge in [-0.3, -0.25) is 10.1 Å². The van der Waals surface area contributed by atoms with Crippen molar-refractivity contribution in [3.8, 4) is 5.75 Å². The average Bonchev–Trinajstić information content (AvgIpc) is 2.96. The van der Waals surface area contributed by atoms with Gasteiger partial charge in [0.05, 0.1) is 18.8 Å². The Morgan fingerprint density at radius 3 is 2.67 bits per heavy atom. The number of carbonyl (C=O) groups is 2. The van der Waals surface area contributed by atoms with E-state index in [-0.39, 0.29) is 6.42 Å². The molecule has 0 bridgehead atoms. The van der Waals surface area contributed by atoms with E-state index in [9.17, 15) is 14.7 Å². The van der Waals surface area contributed by atoms with Gasteiger partial charge in [-0.1, -0.05) is 35.9 Å². The first-order chi connectivity index (χ1) is 14.4. The fourth-order valence-corrected chi connectivity index (χ4v) is 4.11. The molecule has 2 aromatic rings. The van der Waals surface area contributed by atoms with Crippen LogP contribution in [0.25, 0.3) is 0 Å². The third kappa shape index (κ3) is 4.14. The average molecular weight is 431 g/mol. The summed E-state index contributed by atoms with van der Waals surface area (Å²) in [6.45, 7) is 2.55. The first-order valence-corrected chi connectivity index (χ1v) is 10.3. The van der Waals surface area contributed by atoms with E-state index in [0.29, 0.717) is 24.5 Å². The lowest BCUT2D eigenvalue weighted by atomic mass is 9.91. The molecule has 2 saturated heterocycles. The van der Waals surface area contributed by atoms with Crippen molar-refractivity contribution in [3.05, 3.63) is 64.2 Å². The van der Waals surface area contributed by atoms with E-state index in [1.807, 2.05) is 43.3 Å². The van der Waals surface area contributed by atoms with E-state index in [2.05, 4.69) is 10.6 Å². The Morgan fingerprint density at radius 2 is 2.00 bits per heavy atom. The summed E-state index contributed by atoms with van der Waals surface area (Å²) >= 11 is 6.42. The van der Waals surface area contributed by atoms with Crippen LogP contribution in [-0.4, -0.2) is 35.5 Å². The lowest BCUT2D eigenvalue weighted by Crippen LogP contribution is -2.55. The van der Waals surface area contributed by atoms with Crippen LogP contribution < -0.4 is 15.4 Å². The minimum absolute atomic E-state index is 0.00764. The molecule has 3 atom stereocenters. The van der Waals surface area contributed by atoms with Crippen LogP contribution in [0.2, 0.25) is 5.02 Å². The van der Waals surface area contributed by atoms with Crippen LogP contribution in [0.5, 0.6) is 5.75 Å². The molecule has 3 amide bonds. The number of aliphatic hydroxyl groups is 1. The highest BCUT2D eigenvalue weighted by Crippen LogP contribution is 2.38. The van der Waals surface area contributed by atoms with Crippen molar-refractivity contribution in [3.63, 3.8) is 0 Å². The highest BCUT2D eigenvalue weighted by atomic mass is 35.5. The molecule has 2 heterocycles. The van der Waals surface area contributed by atoms with E-state index in [4.69, 9.17) is 21.1 Å². The molecule has 3 N–H and O–H groups in total. The fourth-order valence-electron chi connectivity index (χ4n) is 3.93. The Balaban J connectivity index is 1.56. The maximum atomic E-state index is 12.3. The molecule has 2 aromatic carbocycles. The number of hydrogen-bond acceptors (Lipinski definition) is 5. The number of ether oxygens (including phenoxy) is 2. The van der Waals surface area contributed by atoms with Crippen LogP contribution in [-0.2, 0) is 16.0 Å². The number of halogens is 1. The molecular formula is C22H23ClN2O5. The van der Waals surface area contributed by atoms with Gasteiger partial charge in [-0.2, -0.15) is 0 Å². The molecule has 0 aliphatic carbocycles. The normalized spacial score (nSPS) is 25.8. The third-order valence-corrected chi connectivity index (χ3v) is 5.70. The first kappa shape index (κ1) is 20.7. The van der Waals surface area contributed by atoms with Gasteiger partial charge in [0.2, 0.25) is 5.72 Å². The summed E-state index contributed by atoms with van der Waals surface area (Å²) in [7, 11) is 0. The molecule has 7 nitrogen and oxygen atoms in total. The zero-order chi connectivity index (χ0) is 21.3. The SMILES string of the molecule is CCOc1ccc(Cc2cc([C@H]3C[C@@H](O)CC4(NC(=O)NC4=O)O3)ccc2Cl)cc1. The molecule has 1 spiro atoms. The van der Waals surface area contributed by atoms with Crippen molar-refractivity contribution in [2.45, 2.75) is 44.1 Å². The van der Waals surface area contributed by atoms with Crippen LogP contribution in [0.15, 0.2) is 42.5 Å².